The van der Waals surface area contributed by atoms with E-state index in [1.165, 1.54) is 12.6 Å². The highest BCUT2D eigenvalue weighted by molar-refractivity contribution is 6.06. The zero-order valence-corrected chi connectivity index (χ0v) is 23.6. The number of aromatic nitrogens is 3. The Balaban J connectivity index is 1.21. The number of methoxy groups -OCH3 is 1. The number of nitrogens with zero attached hydrogens (tertiary/aromatic N) is 3. The Morgan fingerprint density at radius 2 is 1.98 bits per heavy atom. The van der Waals surface area contributed by atoms with Crippen LogP contribution >= 0.6 is 0 Å². The van der Waals surface area contributed by atoms with Gasteiger partial charge in [-0.05, 0) is 45.7 Å². The normalized spacial score (nSPS) is 17.5. The molecule has 0 spiro atoms. The first kappa shape index (κ1) is 28.2. The van der Waals surface area contributed by atoms with E-state index in [4.69, 9.17) is 23.7 Å². The third-order valence-corrected chi connectivity index (χ3v) is 6.64. The number of aromatic amines is 1. The number of amides is 2. The third kappa shape index (κ3) is 6.71. The summed E-state index contributed by atoms with van der Waals surface area (Å²) in [4.78, 5) is 39.1. The molecule has 2 aromatic heterocycles. The van der Waals surface area contributed by atoms with Crippen LogP contribution in [0.4, 0.5) is 4.79 Å². The largest absolute Gasteiger partial charge is 0.491 e. The molecule has 1 fully saturated rings. The summed E-state index contributed by atoms with van der Waals surface area (Å²) < 4.78 is 28.0. The summed E-state index contributed by atoms with van der Waals surface area (Å²) >= 11 is 0. The molecule has 2 N–H and O–H groups in total. The molecule has 12 nitrogen and oxygen atoms in total. The summed E-state index contributed by atoms with van der Waals surface area (Å²) in [6.07, 6.45) is 4.76. The van der Waals surface area contributed by atoms with Crippen molar-refractivity contribution in [2.45, 2.75) is 51.5 Å². The lowest BCUT2D eigenvalue weighted by molar-refractivity contribution is -0.0174. The fourth-order valence-electron chi connectivity index (χ4n) is 4.64. The standard InChI is InChI=1S/C29H35N5O7/c1-29(2,3)41-28(36)34-10-8-19(9-11-34)33-26(35)21-15-30-25-23(21)31-17-32-24(25)22-16-39-27(40-22)18-6-5-7-20(14-18)38-13-12-37-4/h5-7,14-17,19,27,30H,8-13H2,1-4H3,(H,33,35). The van der Waals surface area contributed by atoms with Crippen LogP contribution in [0, 0.1) is 0 Å². The average Bonchev–Trinajstić information content (AvgIpc) is 3.61. The van der Waals surface area contributed by atoms with Crippen LogP contribution in [0.3, 0.4) is 0 Å². The second-order valence-electron chi connectivity index (χ2n) is 10.8. The van der Waals surface area contributed by atoms with Gasteiger partial charge in [-0.15, -0.1) is 0 Å². The first-order valence-electron chi connectivity index (χ1n) is 13.6. The number of fused-ring (bicyclic) bond motifs is 1. The van der Waals surface area contributed by atoms with Crippen molar-refractivity contribution in [1.82, 2.24) is 25.2 Å². The molecule has 2 aliphatic heterocycles. The summed E-state index contributed by atoms with van der Waals surface area (Å²) in [5, 5.41) is 3.07. The predicted molar refractivity (Wildman–Crippen MR) is 149 cm³/mol. The SMILES string of the molecule is COCCOc1cccc(C2OC=C(c3ncnc4c(C(=O)NC5CCN(C(=O)OC(C)(C)C)CC5)c[nH]c34)O2)c1. The van der Waals surface area contributed by atoms with Crippen LogP contribution in [0.5, 0.6) is 5.75 Å². The molecular weight excluding hydrogens is 530 g/mol. The van der Waals surface area contributed by atoms with E-state index in [1.807, 2.05) is 45.0 Å². The van der Waals surface area contributed by atoms with Crippen molar-refractivity contribution in [2.24, 2.45) is 0 Å². The van der Waals surface area contributed by atoms with Gasteiger partial charge in [-0.1, -0.05) is 12.1 Å². The minimum Gasteiger partial charge on any atom is -0.491 e. The monoisotopic (exact) mass is 565 g/mol. The van der Waals surface area contributed by atoms with Crippen molar-refractivity contribution in [2.75, 3.05) is 33.4 Å². The molecule has 0 saturated carbocycles. The molecule has 1 atom stereocenters. The van der Waals surface area contributed by atoms with Crippen molar-refractivity contribution in [3.05, 3.63) is 59.9 Å². The number of rotatable bonds is 8. The van der Waals surface area contributed by atoms with Crippen LogP contribution in [0.25, 0.3) is 16.8 Å². The Kier molecular flexibility index (Phi) is 8.29. The number of likely N-dealkylation sites (tertiary alicyclic amines) is 1. The second-order valence-corrected chi connectivity index (χ2v) is 10.8. The van der Waals surface area contributed by atoms with E-state index in [1.54, 1.807) is 18.2 Å². The third-order valence-electron chi connectivity index (χ3n) is 6.64. The van der Waals surface area contributed by atoms with Gasteiger partial charge in [0.25, 0.3) is 12.2 Å². The summed E-state index contributed by atoms with van der Waals surface area (Å²) in [7, 11) is 1.62. The highest BCUT2D eigenvalue weighted by Gasteiger charge is 2.30. The molecule has 1 saturated heterocycles. The number of H-pyrrole nitrogens is 1. The van der Waals surface area contributed by atoms with Crippen molar-refractivity contribution < 1.29 is 33.3 Å². The fourth-order valence-corrected chi connectivity index (χ4v) is 4.64. The molecule has 3 aromatic rings. The summed E-state index contributed by atoms with van der Waals surface area (Å²) in [5.41, 5.74) is 2.14. The van der Waals surface area contributed by atoms with E-state index >= 15 is 0 Å². The smallest absolute Gasteiger partial charge is 0.410 e. The number of hydrogen-bond donors (Lipinski definition) is 2. The minimum atomic E-state index is -0.676. The van der Waals surface area contributed by atoms with Crippen molar-refractivity contribution in [1.29, 1.82) is 0 Å². The Hall–Kier alpha value is -4.32. The van der Waals surface area contributed by atoms with Gasteiger partial charge in [0.15, 0.2) is 5.76 Å². The number of carbonyl (C=O) groups is 2. The Bertz CT molecular complexity index is 1420. The highest BCUT2D eigenvalue weighted by Crippen LogP contribution is 2.36. The number of ether oxygens (including phenoxy) is 5. The van der Waals surface area contributed by atoms with Crippen LogP contribution in [-0.2, 0) is 18.9 Å². The lowest BCUT2D eigenvalue weighted by Gasteiger charge is -2.33. The number of nitrogens with one attached hydrogen (secondary N) is 2. The Morgan fingerprint density at radius 3 is 2.73 bits per heavy atom. The van der Waals surface area contributed by atoms with Gasteiger partial charge in [0.05, 0.1) is 17.7 Å². The predicted octanol–water partition coefficient (Wildman–Crippen LogP) is 4.16. The minimum absolute atomic E-state index is 0.0725. The summed E-state index contributed by atoms with van der Waals surface area (Å²) in [5.74, 6) is 0.842. The summed E-state index contributed by atoms with van der Waals surface area (Å²) in [6.45, 7) is 7.46. The van der Waals surface area contributed by atoms with E-state index in [0.29, 0.717) is 72.9 Å². The maximum absolute atomic E-state index is 13.2. The first-order valence-corrected chi connectivity index (χ1v) is 13.6. The van der Waals surface area contributed by atoms with E-state index in [9.17, 15) is 9.59 Å². The zero-order chi connectivity index (χ0) is 29.0. The van der Waals surface area contributed by atoms with Crippen LogP contribution in [0.1, 0.15) is 61.5 Å². The molecule has 218 valence electrons. The Labute approximate surface area is 238 Å². The van der Waals surface area contributed by atoms with Gasteiger partial charge in [-0.2, -0.15) is 0 Å². The number of piperidine rings is 1. The summed E-state index contributed by atoms with van der Waals surface area (Å²) in [6, 6.07) is 7.38. The maximum atomic E-state index is 13.2. The number of benzene rings is 1. The Morgan fingerprint density at radius 1 is 1.17 bits per heavy atom. The number of carbonyl (C=O) groups excluding carboxylic acids is 2. The molecule has 0 radical (unpaired) electrons. The van der Waals surface area contributed by atoms with Crippen LogP contribution in [0.2, 0.25) is 0 Å². The lowest BCUT2D eigenvalue weighted by atomic mass is 10.0. The van der Waals surface area contributed by atoms with E-state index in [2.05, 4.69) is 20.3 Å². The number of hydrogen-bond acceptors (Lipinski definition) is 9. The second kappa shape index (κ2) is 12.0. The highest BCUT2D eigenvalue weighted by atomic mass is 16.7. The molecule has 41 heavy (non-hydrogen) atoms. The van der Waals surface area contributed by atoms with Crippen LogP contribution in [0.15, 0.2) is 43.1 Å². The van der Waals surface area contributed by atoms with Crippen LogP contribution < -0.4 is 10.1 Å². The van der Waals surface area contributed by atoms with Crippen molar-refractivity contribution in [3.8, 4) is 5.75 Å². The molecule has 0 bridgehead atoms. The van der Waals surface area contributed by atoms with Gasteiger partial charge in [0.2, 0.25) is 0 Å². The van der Waals surface area contributed by atoms with Crippen LogP contribution in [-0.4, -0.2) is 76.9 Å². The van der Waals surface area contributed by atoms with Gasteiger partial charge in [0.1, 0.15) is 41.8 Å². The van der Waals surface area contributed by atoms with E-state index < -0.39 is 11.9 Å². The van der Waals surface area contributed by atoms with Gasteiger partial charge in [0, 0.05) is 38.0 Å². The molecule has 4 heterocycles. The zero-order valence-electron chi connectivity index (χ0n) is 23.6. The molecule has 0 aliphatic carbocycles. The fraction of sp³-hybridized carbons (Fsp3) is 0.448. The molecule has 1 aromatic carbocycles. The molecule has 1 unspecified atom stereocenters. The van der Waals surface area contributed by atoms with Gasteiger partial charge >= 0.3 is 6.09 Å². The quantitative estimate of drug-likeness (QED) is 0.386. The average molecular weight is 566 g/mol. The van der Waals surface area contributed by atoms with Gasteiger partial charge in [-0.3, -0.25) is 4.79 Å². The topological polar surface area (TPSA) is 137 Å². The van der Waals surface area contributed by atoms with Gasteiger partial charge < -0.3 is 38.9 Å². The molecule has 2 amide bonds. The lowest BCUT2D eigenvalue weighted by Crippen LogP contribution is -2.47. The molecule has 5 rings (SSSR count). The molecule has 2 aliphatic rings. The van der Waals surface area contributed by atoms with Crippen molar-refractivity contribution in [3.63, 3.8) is 0 Å². The van der Waals surface area contributed by atoms with Crippen molar-refractivity contribution >= 4 is 28.8 Å². The maximum Gasteiger partial charge on any atom is 0.410 e. The van der Waals surface area contributed by atoms with E-state index in [0.717, 1.165) is 5.56 Å². The van der Waals surface area contributed by atoms with E-state index in [-0.39, 0.29) is 18.0 Å². The first-order chi connectivity index (χ1) is 19.7. The molecular formula is C29H35N5O7. The van der Waals surface area contributed by atoms with Gasteiger partial charge in [-0.25, -0.2) is 14.8 Å². The molecule has 12 heteroatoms.